The zero-order chi connectivity index (χ0) is 34.1. The molecule has 3 aromatic carbocycles. The van der Waals surface area contributed by atoms with Gasteiger partial charge in [-0.25, -0.2) is 14.0 Å². The fraction of sp³-hybridized carbons (Fsp3) is 0.500. The van der Waals surface area contributed by atoms with Gasteiger partial charge < -0.3 is 14.2 Å². The summed E-state index contributed by atoms with van der Waals surface area (Å²) in [7, 11) is 0. The van der Waals surface area contributed by atoms with Gasteiger partial charge in [0.05, 0.1) is 43.2 Å². The summed E-state index contributed by atoms with van der Waals surface area (Å²) in [5, 5.41) is 0. The van der Waals surface area contributed by atoms with E-state index in [1.165, 1.54) is 37.8 Å². The summed E-state index contributed by atoms with van der Waals surface area (Å²) in [6.45, 7) is 8.70. The van der Waals surface area contributed by atoms with Crippen LogP contribution in [0.5, 0.6) is 0 Å². The maximum absolute atomic E-state index is 15.3. The first kappa shape index (κ1) is 37.2. The normalized spacial score (nSPS) is 16.2. The number of carbonyl (C=O) groups is 2. The SMILES string of the molecule is CCCC(C)OC(=O)c1ccc(-c2cc(C(=O)OOCCCCCCCCCCOC[C@@H]3OCC3C)ccc2-c2ccccc2)cc1F. The predicted octanol–water partition coefficient (Wildman–Crippen LogP) is 9.77. The van der Waals surface area contributed by atoms with Gasteiger partial charge >= 0.3 is 11.9 Å². The van der Waals surface area contributed by atoms with Crippen LogP contribution in [0.15, 0.2) is 66.7 Å². The van der Waals surface area contributed by atoms with Crippen molar-refractivity contribution < 1.29 is 38.0 Å². The molecule has 8 heteroatoms. The van der Waals surface area contributed by atoms with E-state index in [2.05, 4.69) is 6.92 Å². The number of benzene rings is 3. The molecule has 3 atom stereocenters. The highest BCUT2D eigenvalue weighted by molar-refractivity contribution is 5.95. The quantitative estimate of drug-likeness (QED) is 0.0486. The van der Waals surface area contributed by atoms with Crippen LogP contribution in [0.4, 0.5) is 4.39 Å². The van der Waals surface area contributed by atoms with Gasteiger partial charge in [-0.15, -0.1) is 0 Å². The van der Waals surface area contributed by atoms with E-state index in [0.29, 0.717) is 30.1 Å². The minimum absolute atomic E-state index is 0.127. The maximum Gasteiger partial charge on any atom is 0.373 e. The van der Waals surface area contributed by atoms with E-state index in [1.54, 1.807) is 25.1 Å². The van der Waals surface area contributed by atoms with Crippen molar-refractivity contribution in [2.45, 2.75) is 97.2 Å². The highest BCUT2D eigenvalue weighted by Crippen LogP contribution is 2.34. The van der Waals surface area contributed by atoms with Gasteiger partial charge in [0.25, 0.3) is 0 Å². The molecule has 0 aliphatic carbocycles. The molecule has 7 nitrogen and oxygen atoms in total. The van der Waals surface area contributed by atoms with Gasteiger partial charge in [-0.3, -0.25) is 4.89 Å². The van der Waals surface area contributed by atoms with Crippen LogP contribution in [0.3, 0.4) is 0 Å². The Morgan fingerprint density at radius 1 is 0.833 bits per heavy atom. The van der Waals surface area contributed by atoms with Crippen LogP contribution >= 0.6 is 0 Å². The molecule has 0 spiro atoms. The molecule has 1 aliphatic heterocycles. The van der Waals surface area contributed by atoms with Gasteiger partial charge in [0.1, 0.15) is 5.82 Å². The fourth-order valence-corrected chi connectivity index (χ4v) is 5.75. The lowest BCUT2D eigenvalue weighted by Crippen LogP contribution is -2.41. The first-order valence-corrected chi connectivity index (χ1v) is 17.6. The molecule has 48 heavy (non-hydrogen) atoms. The zero-order valence-electron chi connectivity index (χ0n) is 28.7. The first-order chi connectivity index (χ1) is 23.4. The lowest BCUT2D eigenvalue weighted by Gasteiger charge is -2.33. The van der Waals surface area contributed by atoms with Crippen molar-refractivity contribution in [2.75, 3.05) is 26.4 Å². The van der Waals surface area contributed by atoms with Crippen molar-refractivity contribution in [3.63, 3.8) is 0 Å². The summed E-state index contributed by atoms with van der Waals surface area (Å²) >= 11 is 0. The molecule has 260 valence electrons. The van der Waals surface area contributed by atoms with Crippen LogP contribution in [0.25, 0.3) is 22.3 Å². The van der Waals surface area contributed by atoms with Crippen LogP contribution in [-0.2, 0) is 24.0 Å². The molecule has 0 bridgehead atoms. The Balaban J connectivity index is 1.22. The van der Waals surface area contributed by atoms with Gasteiger partial charge in [-0.2, -0.15) is 4.89 Å². The molecule has 0 N–H and O–H groups in total. The molecule has 2 unspecified atom stereocenters. The number of unbranched alkanes of at least 4 members (excludes halogenated alkanes) is 7. The first-order valence-electron chi connectivity index (χ1n) is 17.6. The standard InChI is InChI=1S/C40H51FO7/c1-4-16-30(3)47-40(43)35-22-19-32(26-37(35)41)36-25-33(20-21-34(36)31-17-12-11-13-18-31)39(42)48-46-24-15-10-8-6-5-7-9-14-23-44-28-38-29(2)27-45-38/h11-13,17-22,25-26,29-30,38H,4-10,14-16,23-24,27-28H2,1-3H3/t29?,30?,38-/m0/s1. The lowest BCUT2D eigenvalue weighted by molar-refractivity contribution is -0.241. The minimum atomic E-state index is -0.695. The second kappa shape index (κ2) is 20.0. The fourth-order valence-electron chi connectivity index (χ4n) is 5.75. The third-order valence-corrected chi connectivity index (χ3v) is 8.73. The van der Waals surface area contributed by atoms with Crippen LogP contribution in [-0.4, -0.2) is 50.6 Å². The molecule has 4 rings (SSSR count). The van der Waals surface area contributed by atoms with Gasteiger partial charge in [0.15, 0.2) is 0 Å². The number of esters is 1. The van der Waals surface area contributed by atoms with Crippen LogP contribution in [0.2, 0.25) is 0 Å². The van der Waals surface area contributed by atoms with E-state index in [4.69, 9.17) is 24.0 Å². The second-order valence-electron chi connectivity index (χ2n) is 12.8. The Morgan fingerprint density at radius 2 is 1.54 bits per heavy atom. The van der Waals surface area contributed by atoms with Crippen molar-refractivity contribution >= 4 is 11.9 Å². The molecule has 1 aliphatic rings. The average molecular weight is 663 g/mol. The van der Waals surface area contributed by atoms with Gasteiger partial charge in [-0.05, 0) is 72.7 Å². The number of hydrogen-bond donors (Lipinski definition) is 0. The van der Waals surface area contributed by atoms with Crippen molar-refractivity contribution in [1.29, 1.82) is 0 Å². The Bertz CT molecular complexity index is 1430. The smallest absolute Gasteiger partial charge is 0.373 e. The highest BCUT2D eigenvalue weighted by atomic mass is 19.1. The van der Waals surface area contributed by atoms with Gasteiger partial charge in [-0.1, -0.05) is 101 Å². The van der Waals surface area contributed by atoms with E-state index < -0.39 is 17.8 Å². The topological polar surface area (TPSA) is 80.3 Å². The van der Waals surface area contributed by atoms with Crippen molar-refractivity contribution in [3.8, 4) is 22.3 Å². The summed E-state index contributed by atoms with van der Waals surface area (Å²) in [6, 6.07) is 19.2. The second-order valence-corrected chi connectivity index (χ2v) is 12.8. The summed E-state index contributed by atoms with van der Waals surface area (Å²) in [4.78, 5) is 35.9. The minimum Gasteiger partial charge on any atom is -0.459 e. The number of ether oxygens (including phenoxy) is 3. The van der Waals surface area contributed by atoms with Gasteiger partial charge in [0, 0.05) is 12.5 Å². The lowest BCUT2D eigenvalue weighted by atomic mass is 9.92. The van der Waals surface area contributed by atoms with Gasteiger partial charge in [0.2, 0.25) is 0 Å². The molecule has 1 fully saturated rings. The maximum atomic E-state index is 15.3. The monoisotopic (exact) mass is 662 g/mol. The Kier molecular flexibility index (Phi) is 15.5. The highest BCUT2D eigenvalue weighted by Gasteiger charge is 2.27. The molecule has 0 saturated carbocycles. The number of halogens is 1. The van der Waals surface area contributed by atoms with Crippen molar-refractivity contribution in [2.24, 2.45) is 5.92 Å². The van der Waals surface area contributed by atoms with Crippen LogP contribution in [0, 0.1) is 11.7 Å². The summed E-state index contributed by atoms with van der Waals surface area (Å²) in [6.07, 6.45) is 10.3. The number of hydrogen-bond acceptors (Lipinski definition) is 7. The summed E-state index contributed by atoms with van der Waals surface area (Å²) < 4.78 is 31.8. The van der Waals surface area contributed by atoms with E-state index in [0.717, 1.165) is 63.1 Å². The Hall–Kier alpha value is -3.59. The largest absolute Gasteiger partial charge is 0.459 e. The molecular formula is C40H51FO7. The molecule has 0 radical (unpaired) electrons. The van der Waals surface area contributed by atoms with E-state index >= 15 is 4.39 Å². The third kappa shape index (κ3) is 11.5. The van der Waals surface area contributed by atoms with Crippen LogP contribution < -0.4 is 0 Å². The molecule has 3 aromatic rings. The third-order valence-electron chi connectivity index (χ3n) is 8.73. The van der Waals surface area contributed by atoms with E-state index in [9.17, 15) is 9.59 Å². The Morgan fingerprint density at radius 3 is 2.19 bits per heavy atom. The average Bonchev–Trinajstić information content (AvgIpc) is 3.09. The Labute approximate surface area is 285 Å². The number of rotatable bonds is 21. The molecule has 0 aromatic heterocycles. The summed E-state index contributed by atoms with van der Waals surface area (Å²) in [5.41, 5.74) is 3.00. The summed E-state index contributed by atoms with van der Waals surface area (Å²) in [5.74, 6) is -1.39. The molecule has 1 heterocycles. The van der Waals surface area contributed by atoms with Crippen LogP contribution in [0.1, 0.15) is 106 Å². The van der Waals surface area contributed by atoms with E-state index in [1.807, 2.05) is 43.3 Å². The van der Waals surface area contributed by atoms with Crippen molar-refractivity contribution in [1.82, 2.24) is 0 Å². The number of carbonyl (C=O) groups excluding carboxylic acids is 2. The van der Waals surface area contributed by atoms with E-state index in [-0.39, 0.29) is 23.3 Å². The zero-order valence-corrected chi connectivity index (χ0v) is 28.7. The van der Waals surface area contributed by atoms with Crippen molar-refractivity contribution in [3.05, 3.63) is 83.7 Å². The molecule has 0 amide bonds. The predicted molar refractivity (Wildman–Crippen MR) is 185 cm³/mol. The molecular weight excluding hydrogens is 611 g/mol. The molecule has 1 saturated heterocycles.